The number of hydrogen-bond acceptors (Lipinski definition) is 2. The lowest BCUT2D eigenvalue weighted by atomic mass is 10.1. The molecule has 3 heteroatoms. The lowest BCUT2D eigenvalue weighted by Crippen LogP contribution is -2.28. The molecule has 0 spiro atoms. The Labute approximate surface area is 110 Å². The van der Waals surface area contributed by atoms with E-state index in [1.54, 1.807) is 0 Å². The Kier molecular flexibility index (Phi) is 5.42. The topological polar surface area (TPSA) is 29.3 Å². The van der Waals surface area contributed by atoms with Gasteiger partial charge < -0.3 is 10.6 Å². The van der Waals surface area contributed by atoms with E-state index in [-0.39, 0.29) is 0 Å². The molecule has 17 heavy (non-hydrogen) atoms. The molecule has 0 heterocycles. The summed E-state index contributed by atoms with van der Waals surface area (Å²) in [5.74, 6) is 0.713. The van der Waals surface area contributed by atoms with Crippen LogP contribution in [0.2, 0.25) is 0 Å². The molecule has 0 aromatic heterocycles. The van der Waals surface area contributed by atoms with Crippen LogP contribution in [-0.2, 0) is 0 Å². The standard InChI is InChI=1S/C14H22N2S/c1-4-11(3)10-16(5-2)13-8-6-12(7-9-13)14(15)17/h6-9,11H,4-5,10H2,1-3H3,(H2,15,17). The van der Waals surface area contributed by atoms with Gasteiger partial charge in [0, 0.05) is 24.3 Å². The molecular weight excluding hydrogens is 228 g/mol. The molecule has 1 unspecified atom stereocenters. The van der Waals surface area contributed by atoms with Crippen molar-refractivity contribution in [2.75, 3.05) is 18.0 Å². The van der Waals surface area contributed by atoms with Gasteiger partial charge in [0.2, 0.25) is 0 Å². The Balaban J connectivity index is 2.78. The molecule has 0 aliphatic rings. The highest BCUT2D eigenvalue weighted by atomic mass is 32.1. The summed E-state index contributed by atoms with van der Waals surface area (Å²) in [6, 6.07) is 8.19. The van der Waals surface area contributed by atoms with E-state index in [1.807, 2.05) is 12.1 Å². The minimum atomic E-state index is 0.460. The fourth-order valence-electron chi connectivity index (χ4n) is 1.76. The molecule has 0 radical (unpaired) electrons. The van der Waals surface area contributed by atoms with E-state index in [4.69, 9.17) is 18.0 Å². The Hall–Kier alpha value is -1.09. The van der Waals surface area contributed by atoms with E-state index >= 15 is 0 Å². The zero-order valence-corrected chi connectivity index (χ0v) is 11.8. The summed E-state index contributed by atoms with van der Waals surface area (Å²) >= 11 is 4.95. The van der Waals surface area contributed by atoms with Crippen LogP contribution in [-0.4, -0.2) is 18.1 Å². The van der Waals surface area contributed by atoms with Crippen molar-refractivity contribution in [3.63, 3.8) is 0 Å². The zero-order valence-electron chi connectivity index (χ0n) is 10.9. The van der Waals surface area contributed by atoms with Gasteiger partial charge in [0.05, 0.1) is 0 Å². The number of nitrogens with two attached hydrogens (primary N) is 1. The molecule has 0 bridgehead atoms. The second kappa shape index (κ2) is 6.60. The largest absolute Gasteiger partial charge is 0.389 e. The summed E-state index contributed by atoms with van der Waals surface area (Å²) in [5, 5.41) is 0. The van der Waals surface area contributed by atoms with E-state index in [2.05, 4.69) is 37.8 Å². The summed E-state index contributed by atoms with van der Waals surface area (Å²) < 4.78 is 0. The highest BCUT2D eigenvalue weighted by molar-refractivity contribution is 7.80. The van der Waals surface area contributed by atoms with Crippen molar-refractivity contribution in [1.82, 2.24) is 0 Å². The summed E-state index contributed by atoms with van der Waals surface area (Å²) in [4.78, 5) is 2.85. The van der Waals surface area contributed by atoms with Gasteiger partial charge in [-0.05, 0) is 37.1 Å². The van der Waals surface area contributed by atoms with Crippen LogP contribution >= 0.6 is 12.2 Å². The van der Waals surface area contributed by atoms with Gasteiger partial charge in [0.1, 0.15) is 4.99 Å². The number of hydrogen-bond donors (Lipinski definition) is 1. The number of anilines is 1. The first-order valence-corrected chi connectivity index (χ1v) is 6.64. The third-order valence-electron chi connectivity index (χ3n) is 3.13. The van der Waals surface area contributed by atoms with Crippen LogP contribution in [0, 0.1) is 5.92 Å². The molecule has 1 rings (SSSR count). The number of thiocarbonyl (C=S) groups is 1. The molecule has 1 aromatic rings. The lowest BCUT2D eigenvalue weighted by Gasteiger charge is -2.26. The monoisotopic (exact) mass is 250 g/mol. The van der Waals surface area contributed by atoms with Crippen molar-refractivity contribution in [3.05, 3.63) is 29.8 Å². The molecule has 2 N–H and O–H groups in total. The van der Waals surface area contributed by atoms with Crippen LogP contribution in [0.15, 0.2) is 24.3 Å². The Morgan fingerprint density at radius 3 is 2.29 bits per heavy atom. The maximum atomic E-state index is 5.59. The van der Waals surface area contributed by atoms with Crippen LogP contribution in [0.1, 0.15) is 32.8 Å². The molecular formula is C14H22N2S. The van der Waals surface area contributed by atoms with Gasteiger partial charge in [-0.1, -0.05) is 32.5 Å². The van der Waals surface area contributed by atoms with E-state index < -0.39 is 0 Å². The van der Waals surface area contributed by atoms with Crippen molar-refractivity contribution in [2.24, 2.45) is 11.7 Å². The second-order valence-electron chi connectivity index (χ2n) is 4.46. The van der Waals surface area contributed by atoms with Crippen LogP contribution in [0.3, 0.4) is 0 Å². The smallest absolute Gasteiger partial charge is 0.103 e. The average molecular weight is 250 g/mol. The zero-order chi connectivity index (χ0) is 12.8. The normalized spacial score (nSPS) is 12.2. The summed E-state index contributed by atoms with van der Waals surface area (Å²) in [6.07, 6.45) is 1.21. The van der Waals surface area contributed by atoms with E-state index in [0.717, 1.165) is 18.7 Å². The lowest BCUT2D eigenvalue weighted by molar-refractivity contribution is 0.548. The third kappa shape index (κ3) is 4.00. The first-order chi connectivity index (χ1) is 8.08. The van der Waals surface area contributed by atoms with Crippen LogP contribution in [0.4, 0.5) is 5.69 Å². The number of nitrogens with zero attached hydrogens (tertiary/aromatic N) is 1. The van der Waals surface area contributed by atoms with Crippen LogP contribution in [0.25, 0.3) is 0 Å². The summed E-state index contributed by atoms with van der Waals surface area (Å²) in [7, 11) is 0. The van der Waals surface area contributed by atoms with Crippen LogP contribution in [0.5, 0.6) is 0 Å². The maximum absolute atomic E-state index is 5.59. The van der Waals surface area contributed by atoms with E-state index in [9.17, 15) is 0 Å². The summed E-state index contributed by atoms with van der Waals surface area (Å²) in [5.41, 5.74) is 7.77. The molecule has 0 aliphatic heterocycles. The number of benzene rings is 1. The predicted octanol–water partition coefficient (Wildman–Crippen LogP) is 3.19. The molecule has 1 aromatic carbocycles. The van der Waals surface area contributed by atoms with Crippen molar-refractivity contribution < 1.29 is 0 Å². The van der Waals surface area contributed by atoms with Crippen LogP contribution < -0.4 is 10.6 Å². The van der Waals surface area contributed by atoms with Crippen molar-refractivity contribution in [1.29, 1.82) is 0 Å². The Morgan fingerprint density at radius 1 is 1.29 bits per heavy atom. The van der Waals surface area contributed by atoms with Gasteiger partial charge in [-0.25, -0.2) is 0 Å². The van der Waals surface area contributed by atoms with E-state index in [0.29, 0.717) is 10.9 Å². The van der Waals surface area contributed by atoms with Gasteiger partial charge in [0.15, 0.2) is 0 Å². The second-order valence-corrected chi connectivity index (χ2v) is 4.90. The fourth-order valence-corrected chi connectivity index (χ4v) is 1.90. The van der Waals surface area contributed by atoms with Crippen molar-refractivity contribution in [3.8, 4) is 0 Å². The third-order valence-corrected chi connectivity index (χ3v) is 3.36. The molecule has 1 atom stereocenters. The minimum absolute atomic E-state index is 0.460. The van der Waals surface area contributed by atoms with E-state index in [1.165, 1.54) is 12.1 Å². The van der Waals surface area contributed by atoms with Gasteiger partial charge in [-0.15, -0.1) is 0 Å². The first-order valence-electron chi connectivity index (χ1n) is 6.23. The highest BCUT2D eigenvalue weighted by Crippen LogP contribution is 2.17. The Morgan fingerprint density at radius 2 is 1.88 bits per heavy atom. The highest BCUT2D eigenvalue weighted by Gasteiger charge is 2.08. The SMILES string of the molecule is CCC(C)CN(CC)c1ccc(C(N)=S)cc1. The maximum Gasteiger partial charge on any atom is 0.103 e. The minimum Gasteiger partial charge on any atom is -0.389 e. The van der Waals surface area contributed by atoms with Crippen molar-refractivity contribution >= 4 is 22.9 Å². The van der Waals surface area contributed by atoms with Gasteiger partial charge in [-0.3, -0.25) is 0 Å². The van der Waals surface area contributed by atoms with Crippen molar-refractivity contribution in [2.45, 2.75) is 27.2 Å². The molecule has 94 valence electrons. The molecule has 0 amide bonds. The summed E-state index contributed by atoms with van der Waals surface area (Å²) in [6.45, 7) is 8.82. The predicted molar refractivity (Wildman–Crippen MR) is 79.7 cm³/mol. The molecule has 0 saturated heterocycles. The van der Waals surface area contributed by atoms with Gasteiger partial charge >= 0.3 is 0 Å². The molecule has 2 nitrogen and oxygen atoms in total. The quantitative estimate of drug-likeness (QED) is 0.786. The Bertz CT molecular complexity index is 359. The fraction of sp³-hybridized carbons (Fsp3) is 0.500. The number of rotatable bonds is 6. The molecule has 0 saturated carbocycles. The molecule has 0 fully saturated rings. The first kappa shape index (κ1) is 14.0. The average Bonchev–Trinajstić information content (AvgIpc) is 2.35. The van der Waals surface area contributed by atoms with Gasteiger partial charge in [0.25, 0.3) is 0 Å². The van der Waals surface area contributed by atoms with Gasteiger partial charge in [-0.2, -0.15) is 0 Å². The molecule has 0 aliphatic carbocycles.